The Morgan fingerprint density at radius 3 is 2.38 bits per heavy atom. The molecule has 0 radical (unpaired) electrons. The largest absolute Gasteiger partial charge is 0.480 e. The summed E-state index contributed by atoms with van der Waals surface area (Å²) in [6, 6.07) is 6.66. The summed E-state index contributed by atoms with van der Waals surface area (Å²) < 4.78 is 0. The van der Waals surface area contributed by atoms with E-state index in [0.29, 0.717) is 18.7 Å². The van der Waals surface area contributed by atoms with Gasteiger partial charge >= 0.3 is 12.0 Å². The molecular weight excluding hydrogens is 288 g/mol. The van der Waals surface area contributed by atoms with E-state index in [1.807, 2.05) is 30.5 Å². The third-order valence-electron chi connectivity index (χ3n) is 3.10. The molecule has 0 spiro atoms. The number of carbonyl (C=O) groups is 2. The number of nitrogens with one attached hydrogen (secondary N) is 2. The maximum absolute atomic E-state index is 11.7. The van der Waals surface area contributed by atoms with Gasteiger partial charge in [-0.05, 0) is 36.0 Å². The zero-order valence-electron chi connectivity index (χ0n) is 12.4. The third kappa shape index (κ3) is 6.53. The van der Waals surface area contributed by atoms with Crippen LogP contribution < -0.4 is 10.6 Å². The van der Waals surface area contributed by atoms with Gasteiger partial charge in [-0.1, -0.05) is 31.2 Å². The van der Waals surface area contributed by atoms with Crippen molar-refractivity contribution in [3.8, 4) is 0 Å². The number of benzene rings is 1. The summed E-state index contributed by atoms with van der Waals surface area (Å²) in [6.07, 6.45) is 3.29. The molecule has 0 aromatic heterocycles. The van der Waals surface area contributed by atoms with Crippen LogP contribution in [0.4, 0.5) is 4.79 Å². The SMILES string of the molecule is CCc1ccc(CNC(=O)N[C@H](CCSC)C(=O)O)cc1. The first-order chi connectivity index (χ1) is 10.1. The van der Waals surface area contributed by atoms with E-state index in [0.717, 1.165) is 12.0 Å². The van der Waals surface area contributed by atoms with E-state index >= 15 is 0 Å². The lowest BCUT2D eigenvalue weighted by Gasteiger charge is -2.14. The second kappa shape index (κ2) is 9.28. The molecule has 0 aliphatic heterocycles. The molecule has 1 aromatic carbocycles. The minimum atomic E-state index is -1.01. The molecule has 0 saturated heterocycles. The molecule has 0 unspecified atom stereocenters. The van der Waals surface area contributed by atoms with Gasteiger partial charge in [0.1, 0.15) is 6.04 Å². The summed E-state index contributed by atoms with van der Waals surface area (Å²) in [5.41, 5.74) is 2.23. The van der Waals surface area contributed by atoms with Gasteiger partial charge in [0.25, 0.3) is 0 Å². The van der Waals surface area contributed by atoms with E-state index in [4.69, 9.17) is 5.11 Å². The predicted octanol–water partition coefficient (Wildman–Crippen LogP) is 2.25. The Morgan fingerprint density at radius 2 is 1.86 bits per heavy atom. The summed E-state index contributed by atoms with van der Waals surface area (Å²) in [5.74, 6) is -0.318. The molecular formula is C15H22N2O3S. The second-order valence-electron chi connectivity index (χ2n) is 4.67. The van der Waals surface area contributed by atoms with Gasteiger partial charge in [0.15, 0.2) is 0 Å². The van der Waals surface area contributed by atoms with E-state index in [1.54, 1.807) is 11.8 Å². The number of rotatable bonds is 8. The zero-order valence-corrected chi connectivity index (χ0v) is 13.2. The molecule has 116 valence electrons. The van der Waals surface area contributed by atoms with Gasteiger partial charge < -0.3 is 15.7 Å². The van der Waals surface area contributed by atoms with Gasteiger partial charge in [-0.3, -0.25) is 0 Å². The standard InChI is InChI=1S/C15H22N2O3S/c1-3-11-4-6-12(7-5-11)10-16-15(20)17-13(14(18)19)8-9-21-2/h4-7,13H,3,8-10H2,1-2H3,(H,18,19)(H2,16,17,20)/t13-/m1/s1. The lowest BCUT2D eigenvalue weighted by Crippen LogP contribution is -2.46. The predicted molar refractivity (Wildman–Crippen MR) is 85.6 cm³/mol. The average Bonchev–Trinajstić information content (AvgIpc) is 2.49. The van der Waals surface area contributed by atoms with Gasteiger partial charge in [0.05, 0.1) is 0 Å². The number of urea groups is 1. The van der Waals surface area contributed by atoms with Gasteiger partial charge in [-0.25, -0.2) is 9.59 Å². The van der Waals surface area contributed by atoms with Crippen LogP contribution >= 0.6 is 11.8 Å². The first-order valence-corrected chi connectivity index (χ1v) is 8.30. The van der Waals surface area contributed by atoms with Crippen LogP contribution in [0.2, 0.25) is 0 Å². The Hall–Kier alpha value is -1.69. The minimum Gasteiger partial charge on any atom is -0.480 e. The highest BCUT2D eigenvalue weighted by molar-refractivity contribution is 7.98. The monoisotopic (exact) mass is 310 g/mol. The first-order valence-electron chi connectivity index (χ1n) is 6.90. The molecule has 3 N–H and O–H groups in total. The van der Waals surface area contributed by atoms with Crippen LogP contribution in [0.3, 0.4) is 0 Å². The number of carboxylic acid groups (broad SMARTS) is 1. The third-order valence-corrected chi connectivity index (χ3v) is 3.74. The Balaban J connectivity index is 2.42. The first kappa shape index (κ1) is 17.4. The molecule has 2 amide bonds. The van der Waals surface area contributed by atoms with Crippen LogP contribution in [-0.4, -0.2) is 35.2 Å². The fourth-order valence-corrected chi connectivity index (χ4v) is 2.25. The molecule has 0 aliphatic rings. The van der Waals surface area contributed by atoms with Gasteiger partial charge in [0.2, 0.25) is 0 Å². The summed E-state index contributed by atoms with van der Waals surface area (Å²) in [6.45, 7) is 2.46. The van der Waals surface area contributed by atoms with Crippen LogP contribution in [0, 0.1) is 0 Å². The number of hydrogen-bond donors (Lipinski definition) is 3. The van der Waals surface area contributed by atoms with Crippen molar-refractivity contribution < 1.29 is 14.7 Å². The molecule has 0 saturated carbocycles. The summed E-state index contributed by atoms with van der Waals surface area (Å²) >= 11 is 1.55. The molecule has 0 aliphatic carbocycles. The van der Waals surface area contributed by atoms with Crippen LogP contribution in [0.5, 0.6) is 0 Å². The second-order valence-corrected chi connectivity index (χ2v) is 5.65. The molecule has 5 nitrogen and oxygen atoms in total. The van der Waals surface area contributed by atoms with Crippen molar-refractivity contribution in [2.45, 2.75) is 32.4 Å². The van der Waals surface area contributed by atoms with E-state index < -0.39 is 18.0 Å². The maximum atomic E-state index is 11.7. The van der Waals surface area contributed by atoms with Crippen LogP contribution in [0.15, 0.2) is 24.3 Å². The number of aryl methyl sites for hydroxylation is 1. The molecule has 1 aromatic rings. The maximum Gasteiger partial charge on any atom is 0.326 e. The van der Waals surface area contributed by atoms with E-state index in [-0.39, 0.29) is 0 Å². The lowest BCUT2D eigenvalue weighted by atomic mass is 10.1. The van der Waals surface area contributed by atoms with Crippen molar-refractivity contribution in [3.05, 3.63) is 35.4 Å². The van der Waals surface area contributed by atoms with Crippen molar-refractivity contribution in [2.75, 3.05) is 12.0 Å². The Kier molecular flexibility index (Phi) is 7.68. The minimum absolute atomic E-state index is 0.380. The van der Waals surface area contributed by atoms with Gasteiger partial charge in [0, 0.05) is 6.54 Å². The quantitative estimate of drug-likeness (QED) is 0.688. The molecule has 21 heavy (non-hydrogen) atoms. The molecule has 0 bridgehead atoms. The van der Waals surface area contributed by atoms with Crippen LogP contribution in [0.1, 0.15) is 24.5 Å². The van der Waals surface area contributed by atoms with Crippen molar-refractivity contribution in [1.82, 2.24) is 10.6 Å². The fourth-order valence-electron chi connectivity index (χ4n) is 1.78. The van der Waals surface area contributed by atoms with E-state index in [2.05, 4.69) is 17.6 Å². The normalized spacial score (nSPS) is 11.7. The van der Waals surface area contributed by atoms with E-state index in [1.165, 1.54) is 5.56 Å². The molecule has 1 rings (SSSR count). The fraction of sp³-hybridized carbons (Fsp3) is 0.467. The Morgan fingerprint density at radius 1 is 1.24 bits per heavy atom. The summed E-state index contributed by atoms with van der Waals surface area (Å²) in [4.78, 5) is 22.8. The topological polar surface area (TPSA) is 78.4 Å². The number of thioether (sulfide) groups is 1. The number of hydrogen-bond acceptors (Lipinski definition) is 3. The number of carboxylic acids is 1. The van der Waals surface area contributed by atoms with Gasteiger partial charge in [-0.2, -0.15) is 11.8 Å². The molecule has 1 atom stereocenters. The smallest absolute Gasteiger partial charge is 0.326 e. The van der Waals surface area contributed by atoms with Crippen molar-refractivity contribution >= 4 is 23.8 Å². The van der Waals surface area contributed by atoms with Crippen molar-refractivity contribution in [2.24, 2.45) is 0 Å². The molecule has 0 fully saturated rings. The van der Waals surface area contributed by atoms with Crippen LogP contribution in [-0.2, 0) is 17.8 Å². The van der Waals surface area contributed by atoms with Crippen LogP contribution in [0.25, 0.3) is 0 Å². The average molecular weight is 310 g/mol. The number of aliphatic carboxylic acids is 1. The molecule has 6 heteroatoms. The van der Waals surface area contributed by atoms with Crippen molar-refractivity contribution in [1.29, 1.82) is 0 Å². The lowest BCUT2D eigenvalue weighted by molar-refractivity contribution is -0.139. The highest BCUT2D eigenvalue weighted by Gasteiger charge is 2.18. The Bertz CT molecular complexity index is 462. The number of carbonyl (C=O) groups excluding carboxylic acids is 1. The summed E-state index contributed by atoms with van der Waals surface area (Å²) in [5, 5.41) is 14.2. The number of amides is 2. The highest BCUT2D eigenvalue weighted by atomic mass is 32.2. The van der Waals surface area contributed by atoms with E-state index in [9.17, 15) is 9.59 Å². The Labute approximate surface area is 129 Å². The zero-order chi connectivity index (χ0) is 15.7. The van der Waals surface area contributed by atoms with Gasteiger partial charge in [-0.15, -0.1) is 0 Å². The van der Waals surface area contributed by atoms with Crippen molar-refractivity contribution in [3.63, 3.8) is 0 Å². The molecule has 0 heterocycles. The summed E-state index contributed by atoms with van der Waals surface area (Å²) in [7, 11) is 0. The highest BCUT2D eigenvalue weighted by Crippen LogP contribution is 2.05.